The van der Waals surface area contributed by atoms with Crippen LogP contribution in [0.15, 0.2) is 24.3 Å². The SMILES string of the molecule is CC(C)Oc1ccccc1C(O)CC#N. The second-order valence-electron chi connectivity index (χ2n) is 3.58. The number of hydrogen-bond donors (Lipinski definition) is 1. The van der Waals surface area contributed by atoms with Crippen molar-refractivity contribution in [1.82, 2.24) is 0 Å². The summed E-state index contributed by atoms with van der Waals surface area (Å²) >= 11 is 0. The van der Waals surface area contributed by atoms with Crippen molar-refractivity contribution in [3.05, 3.63) is 29.8 Å². The molecular formula is C12H15NO2. The number of nitrogens with zero attached hydrogens (tertiary/aromatic N) is 1. The number of ether oxygens (including phenoxy) is 1. The van der Waals surface area contributed by atoms with Crippen LogP contribution >= 0.6 is 0 Å². The van der Waals surface area contributed by atoms with Crippen LogP contribution in [-0.2, 0) is 0 Å². The second-order valence-corrected chi connectivity index (χ2v) is 3.58. The molecule has 0 aliphatic rings. The summed E-state index contributed by atoms with van der Waals surface area (Å²) in [5, 5.41) is 18.2. The Bertz CT molecular complexity index is 355. The lowest BCUT2D eigenvalue weighted by atomic mass is 10.1. The van der Waals surface area contributed by atoms with E-state index in [1.807, 2.05) is 32.0 Å². The summed E-state index contributed by atoms with van der Waals surface area (Å²) in [6.07, 6.45) is -0.635. The lowest BCUT2D eigenvalue weighted by molar-refractivity contribution is 0.170. The molecule has 0 saturated heterocycles. The molecule has 15 heavy (non-hydrogen) atoms. The fourth-order valence-corrected chi connectivity index (χ4v) is 1.31. The molecule has 1 aromatic carbocycles. The van der Waals surface area contributed by atoms with Crippen LogP contribution in [0.5, 0.6) is 5.75 Å². The molecule has 0 saturated carbocycles. The Morgan fingerprint density at radius 1 is 1.40 bits per heavy atom. The number of hydrogen-bond acceptors (Lipinski definition) is 3. The van der Waals surface area contributed by atoms with Gasteiger partial charge in [0.2, 0.25) is 0 Å². The molecule has 0 aliphatic carbocycles. The number of aliphatic hydroxyl groups excluding tert-OH is 1. The Morgan fingerprint density at radius 3 is 2.67 bits per heavy atom. The van der Waals surface area contributed by atoms with Gasteiger partial charge in [0, 0.05) is 5.56 Å². The van der Waals surface area contributed by atoms with E-state index in [4.69, 9.17) is 10.00 Å². The van der Waals surface area contributed by atoms with E-state index in [9.17, 15) is 5.11 Å². The topological polar surface area (TPSA) is 53.2 Å². The van der Waals surface area contributed by atoms with Crippen molar-refractivity contribution in [1.29, 1.82) is 5.26 Å². The highest BCUT2D eigenvalue weighted by Crippen LogP contribution is 2.27. The van der Waals surface area contributed by atoms with Crippen LogP contribution in [0.2, 0.25) is 0 Å². The predicted octanol–water partition coefficient (Wildman–Crippen LogP) is 2.42. The molecule has 0 fully saturated rings. The third-order valence-electron chi connectivity index (χ3n) is 1.93. The maximum Gasteiger partial charge on any atom is 0.125 e. The van der Waals surface area contributed by atoms with E-state index in [1.54, 1.807) is 12.1 Å². The molecule has 0 amide bonds. The van der Waals surface area contributed by atoms with Crippen molar-refractivity contribution in [3.8, 4) is 11.8 Å². The lowest BCUT2D eigenvalue weighted by Crippen LogP contribution is -2.09. The summed E-state index contributed by atoms with van der Waals surface area (Å²) in [6.45, 7) is 3.85. The molecule has 1 atom stereocenters. The number of aliphatic hydroxyl groups is 1. The van der Waals surface area contributed by atoms with Crippen LogP contribution in [0.3, 0.4) is 0 Å². The first-order chi connectivity index (χ1) is 7.15. The molecule has 0 aromatic heterocycles. The molecule has 1 unspecified atom stereocenters. The van der Waals surface area contributed by atoms with Gasteiger partial charge in [0.25, 0.3) is 0 Å². The Hall–Kier alpha value is -1.53. The molecule has 1 rings (SSSR count). The van der Waals surface area contributed by atoms with Crippen molar-refractivity contribution in [2.24, 2.45) is 0 Å². The third kappa shape index (κ3) is 3.26. The standard InChI is InChI=1S/C12H15NO2/c1-9(2)15-12-6-4-3-5-10(12)11(14)7-8-13/h3-6,9,11,14H,7H2,1-2H3. The Balaban J connectivity index is 2.91. The maximum atomic E-state index is 9.71. The van der Waals surface area contributed by atoms with Crippen molar-refractivity contribution in [2.75, 3.05) is 0 Å². The smallest absolute Gasteiger partial charge is 0.125 e. The number of rotatable bonds is 4. The van der Waals surface area contributed by atoms with Crippen molar-refractivity contribution < 1.29 is 9.84 Å². The van der Waals surface area contributed by atoms with Crippen LogP contribution in [0, 0.1) is 11.3 Å². The van der Waals surface area contributed by atoms with Gasteiger partial charge in [-0.05, 0) is 19.9 Å². The molecule has 0 spiro atoms. The van der Waals surface area contributed by atoms with Crippen molar-refractivity contribution in [3.63, 3.8) is 0 Å². The minimum atomic E-state index is -0.773. The molecule has 80 valence electrons. The number of benzene rings is 1. The van der Waals surface area contributed by atoms with E-state index in [2.05, 4.69) is 0 Å². The molecule has 0 bridgehead atoms. The van der Waals surface area contributed by atoms with E-state index in [1.165, 1.54) is 0 Å². The predicted molar refractivity (Wildman–Crippen MR) is 57.4 cm³/mol. The summed E-state index contributed by atoms with van der Waals surface area (Å²) in [7, 11) is 0. The zero-order chi connectivity index (χ0) is 11.3. The van der Waals surface area contributed by atoms with Crippen molar-refractivity contribution in [2.45, 2.75) is 32.5 Å². The molecule has 0 heterocycles. The molecule has 0 radical (unpaired) electrons. The van der Waals surface area contributed by atoms with Crippen LogP contribution < -0.4 is 4.74 Å². The van der Waals surface area contributed by atoms with Gasteiger partial charge < -0.3 is 9.84 Å². The highest BCUT2D eigenvalue weighted by Gasteiger charge is 2.13. The van der Waals surface area contributed by atoms with E-state index in [-0.39, 0.29) is 12.5 Å². The van der Waals surface area contributed by atoms with Gasteiger partial charge >= 0.3 is 0 Å². The highest BCUT2D eigenvalue weighted by molar-refractivity contribution is 5.35. The summed E-state index contributed by atoms with van der Waals surface area (Å²) in [6, 6.07) is 9.19. The minimum Gasteiger partial charge on any atom is -0.491 e. The van der Waals surface area contributed by atoms with Gasteiger partial charge in [0.05, 0.1) is 24.7 Å². The fourth-order valence-electron chi connectivity index (χ4n) is 1.31. The highest BCUT2D eigenvalue weighted by atomic mass is 16.5. The van der Waals surface area contributed by atoms with Crippen LogP contribution in [0.4, 0.5) is 0 Å². The van der Waals surface area contributed by atoms with E-state index in [0.717, 1.165) is 0 Å². The Kier molecular flexibility index (Phi) is 4.14. The molecule has 0 aliphatic heterocycles. The van der Waals surface area contributed by atoms with Gasteiger partial charge in [-0.3, -0.25) is 0 Å². The van der Waals surface area contributed by atoms with Gasteiger partial charge in [0.15, 0.2) is 0 Å². The van der Waals surface area contributed by atoms with Gasteiger partial charge in [-0.1, -0.05) is 18.2 Å². The first-order valence-electron chi connectivity index (χ1n) is 4.95. The molecular weight excluding hydrogens is 190 g/mol. The Labute approximate surface area is 89.9 Å². The first kappa shape index (κ1) is 11.5. The summed E-state index contributed by atoms with van der Waals surface area (Å²) in [5.41, 5.74) is 0.674. The fraction of sp³-hybridized carbons (Fsp3) is 0.417. The maximum absolute atomic E-state index is 9.71. The van der Waals surface area contributed by atoms with Crippen LogP contribution in [0.1, 0.15) is 31.9 Å². The molecule has 3 nitrogen and oxygen atoms in total. The molecule has 3 heteroatoms. The average Bonchev–Trinajstić information content (AvgIpc) is 2.18. The van der Waals surface area contributed by atoms with Crippen LogP contribution in [-0.4, -0.2) is 11.2 Å². The summed E-state index contributed by atoms with van der Waals surface area (Å²) in [5.74, 6) is 0.648. The monoisotopic (exact) mass is 205 g/mol. The van der Waals surface area contributed by atoms with E-state index in [0.29, 0.717) is 11.3 Å². The minimum absolute atomic E-state index is 0.0560. The van der Waals surface area contributed by atoms with Gasteiger partial charge in [-0.25, -0.2) is 0 Å². The van der Waals surface area contributed by atoms with Crippen molar-refractivity contribution >= 4 is 0 Å². The summed E-state index contributed by atoms with van der Waals surface area (Å²) < 4.78 is 5.54. The zero-order valence-corrected chi connectivity index (χ0v) is 8.97. The normalized spacial score (nSPS) is 12.2. The lowest BCUT2D eigenvalue weighted by Gasteiger charge is -2.16. The zero-order valence-electron chi connectivity index (χ0n) is 8.97. The largest absolute Gasteiger partial charge is 0.491 e. The van der Waals surface area contributed by atoms with E-state index < -0.39 is 6.10 Å². The van der Waals surface area contributed by atoms with Crippen LogP contribution in [0.25, 0.3) is 0 Å². The van der Waals surface area contributed by atoms with Gasteiger partial charge in [-0.15, -0.1) is 0 Å². The quantitative estimate of drug-likeness (QED) is 0.821. The third-order valence-corrected chi connectivity index (χ3v) is 1.93. The average molecular weight is 205 g/mol. The summed E-state index contributed by atoms with van der Waals surface area (Å²) in [4.78, 5) is 0. The second kappa shape index (κ2) is 5.38. The number of para-hydroxylation sites is 1. The molecule has 1 N–H and O–H groups in total. The number of nitriles is 1. The molecule has 1 aromatic rings. The Morgan fingerprint density at radius 2 is 2.07 bits per heavy atom. The first-order valence-corrected chi connectivity index (χ1v) is 4.95. The van der Waals surface area contributed by atoms with E-state index >= 15 is 0 Å². The van der Waals surface area contributed by atoms with Gasteiger partial charge in [-0.2, -0.15) is 5.26 Å². The van der Waals surface area contributed by atoms with Gasteiger partial charge in [0.1, 0.15) is 5.75 Å².